The molecule has 1 aliphatic carbocycles. The molecule has 0 saturated heterocycles. The summed E-state index contributed by atoms with van der Waals surface area (Å²) in [6, 6.07) is 14.1. The first-order valence-corrected chi connectivity index (χ1v) is 8.20. The minimum Gasteiger partial charge on any atom is -0.478 e. The molecular formula is C21H24O2. The molecule has 0 amide bonds. The number of fused-ring (bicyclic) bond motifs is 1. The predicted molar refractivity (Wildman–Crippen MR) is 94.1 cm³/mol. The van der Waals surface area contributed by atoms with Crippen LogP contribution in [0.2, 0.25) is 0 Å². The molecule has 0 saturated carbocycles. The van der Waals surface area contributed by atoms with Crippen molar-refractivity contribution >= 4 is 5.97 Å². The molecule has 2 heteroatoms. The molecule has 2 aromatic carbocycles. The number of carboxylic acid groups (broad SMARTS) is 1. The highest BCUT2D eigenvalue weighted by Gasteiger charge is 2.40. The van der Waals surface area contributed by atoms with E-state index in [1.165, 1.54) is 5.56 Å². The van der Waals surface area contributed by atoms with E-state index in [2.05, 4.69) is 33.8 Å². The van der Waals surface area contributed by atoms with Gasteiger partial charge in [0.1, 0.15) is 0 Å². The fourth-order valence-electron chi connectivity index (χ4n) is 3.76. The second-order valence-electron chi connectivity index (χ2n) is 7.89. The van der Waals surface area contributed by atoms with Gasteiger partial charge in [0.25, 0.3) is 0 Å². The van der Waals surface area contributed by atoms with Crippen LogP contribution in [0.3, 0.4) is 0 Å². The molecule has 1 N–H and O–H groups in total. The summed E-state index contributed by atoms with van der Waals surface area (Å²) < 4.78 is 0. The lowest BCUT2D eigenvalue weighted by Gasteiger charge is -2.43. The van der Waals surface area contributed by atoms with Crippen LogP contribution < -0.4 is 0 Å². The van der Waals surface area contributed by atoms with Crippen molar-refractivity contribution in [2.45, 2.75) is 51.4 Å². The Hall–Kier alpha value is -2.09. The van der Waals surface area contributed by atoms with Gasteiger partial charge in [0.2, 0.25) is 0 Å². The van der Waals surface area contributed by atoms with E-state index >= 15 is 0 Å². The zero-order valence-corrected chi connectivity index (χ0v) is 14.3. The van der Waals surface area contributed by atoms with Gasteiger partial charge in [-0.15, -0.1) is 0 Å². The SMILES string of the molecule is CC1(C)CCC(C)(C)c2c(C(=O)O)cc(-c3ccccc3)cc21. The zero-order valence-electron chi connectivity index (χ0n) is 14.3. The zero-order chi connectivity index (χ0) is 16.8. The lowest BCUT2D eigenvalue weighted by atomic mass is 9.61. The van der Waals surface area contributed by atoms with Gasteiger partial charge in [0.05, 0.1) is 5.56 Å². The van der Waals surface area contributed by atoms with E-state index in [1.54, 1.807) is 0 Å². The van der Waals surface area contributed by atoms with E-state index in [0.717, 1.165) is 29.5 Å². The van der Waals surface area contributed by atoms with Crippen molar-refractivity contribution in [3.63, 3.8) is 0 Å². The Morgan fingerprint density at radius 3 is 2.13 bits per heavy atom. The van der Waals surface area contributed by atoms with Gasteiger partial charge in [-0.25, -0.2) is 4.79 Å². The molecule has 0 atom stereocenters. The summed E-state index contributed by atoms with van der Waals surface area (Å²) in [5.41, 5.74) is 4.62. The first kappa shape index (κ1) is 15.8. The van der Waals surface area contributed by atoms with E-state index in [4.69, 9.17) is 0 Å². The minimum absolute atomic E-state index is 0.000155. The first-order valence-electron chi connectivity index (χ1n) is 8.20. The molecule has 0 aliphatic heterocycles. The maximum absolute atomic E-state index is 12.0. The van der Waals surface area contributed by atoms with Gasteiger partial charge in [-0.05, 0) is 52.0 Å². The smallest absolute Gasteiger partial charge is 0.336 e. The highest BCUT2D eigenvalue weighted by molar-refractivity contribution is 5.92. The van der Waals surface area contributed by atoms with Gasteiger partial charge in [-0.3, -0.25) is 0 Å². The van der Waals surface area contributed by atoms with Crippen molar-refractivity contribution in [2.24, 2.45) is 0 Å². The summed E-state index contributed by atoms with van der Waals surface area (Å²) in [6.45, 7) is 8.77. The molecule has 0 unspecified atom stereocenters. The van der Waals surface area contributed by atoms with Crippen LogP contribution in [0.4, 0.5) is 0 Å². The van der Waals surface area contributed by atoms with Gasteiger partial charge in [0, 0.05) is 0 Å². The van der Waals surface area contributed by atoms with Gasteiger partial charge < -0.3 is 5.11 Å². The predicted octanol–water partition coefficient (Wildman–Crippen LogP) is 5.40. The second kappa shape index (κ2) is 5.23. The molecule has 23 heavy (non-hydrogen) atoms. The van der Waals surface area contributed by atoms with Crippen LogP contribution in [0.1, 0.15) is 62.0 Å². The third-order valence-electron chi connectivity index (χ3n) is 5.26. The standard InChI is InChI=1S/C21H24O2/c1-20(2)10-11-21(3,4)18-16(19(22)23)12-15(13-17(18)20)14-8-6-5-7-9-14/h5-9,12-13H,10-11H2,1-4H3,(H,22,23). The van der Waals surface area contributed by atoms with E-state index in [0.29, 0.717) is 5.56 Å². The number of benzene rings is 2. The number of hydrogen-bond acceptors (Lipinski definition) is 1. The summed E-state index contributed by atoms with van der Waals surface area (Å²) in [7, 11) is 0. The molecule has 0 radical (unpaired) electrons. The van der Waals surface area contributed by atoms with Gasteiger partial charge in [0.15, 0.2) is 0 Å². The summed E-state index contributed by atoms with van der Waals surface area (Å²) in [4.78, 5) is 12.0. The molecule has 0 fully saturated rings. The normalized spacial score (nSPS) is 18.3. The average molecular weight is 308 g/mol. The summed E-state index contributed by atoms with van der Waals surface area (Å²) in [5.74, 6) is -0.829. The quantitative estimate of drug-likeness (QED) is 0.806. The third kappa shape index (κ3) is 2.67. The van der Waals surface area contributed by atoms with Crippen LogP contribution >= 0.6 is 0 Å². The summed E-state index contributed by atoms with van der Waals surface area (Å²) in [5, 5.41) is 9.81. The minimum atomic E-state index is -0.829. The maximum Gasteiger partial charge on any atom is 0.336 e. The Kier molecular flexibility index (Phi) is 3.59. The molecular weight excluding hydrogens is 284 g/mol. The molecule has 1 aliphatic rings. The highest BCUT2D eigenvalue weighted by atomic mass is 16.4. The largest absolute Gasteiger partial charge is 0.478 e. The summed E-state index contributed by atoms with van der Waals surface area (Å²) >= 11 is 0. The number of carboxylic acids is 1. The van der Waals surface area contributed by atoms with E-state index in [-0.39, 0.29) is 10.8 Å². The Bertz CT molecular complexity index is 755. The van der Waals surface area contributed by atoms with Gasteiger partial charge in [-0.2, -0.15) is 0 Å². The fourth-order valence-corrected chi connectivity index (χ4v) is 3.76. The topological polar surface area (TPSA) is 37.3 Å². The number of hydrogen-bond donors (Lipinski definition) is 1. The lowest BCUT2D eigenvalue weighted by Crippen LogP contribution is -2.35. The van der Waals surface area contributed by atoms with Crippen molar-refractivity contribution in [1.82, 2.24) is 0 Å². The number of carbonyl (C=O) groups is 1. The van der Waals surface area contributed by atoms with Crippen molar-refractivity contribution in [2.75, 3.05) is 0 Å². The van der Waals surface area contributed by atoms with Gasteiger partial charge in [-0.1, -0.05) is 64.1 Å². The molecule has 0 spiro atoms. The Morgan fingerprint density at radius 1 is 0.913 bits per heavy atom. The Balaban J connectivity index is 2.34. The van der Waals surface area contributed by atoms with Crippen molar-refractivity contribution in [3.8, 4) is 11.1 Å². The Morgan fingerprint density at radius 2 is 1.52 bits per heavy atom. The number of rotatable bonds is 2. The molecule has 120 valence electrons. The molecule has 3 rings (SSSR count). The first-order chi connectivity index (χ1) is 10.7. The third-order valence-corrected chi connectivity index (χ3v) is 5.26. The van der Waals surface area contributed by atoms with E-state index in [9.17, 15) is 9.90 Å². The lowest BCUT2D eigenvalue weighted by molar-refractivity contribution is 0.0692. The second-order valence-corrected chi connectivity index (χ2v) is 7.89. The maximum atomic E-state index is 12.0. The van der Waals surface area contributed by atoms with Crippen molar-refractivity contribution in [3.05, 3.63) is 59.2 Å². The monoisotopic (exact) mass is 308 g/mol. The molecule has 2 aromatic rings. The van der Waals surface area contributed by atoms with Crippen LogP contribution in [-0.4, -0.2) is 11.1 Å². The summed E-state index contributed by atoms with van der Waals surface area (Å²) in [6.07, 6.45) is 2.09. The molecule has 0 bridgehead atoms. The van der Waals surface area contributed by atoms with Crippen LogP contribution in [0.25, 0.3) is 11.1 Å². The molecule has 0 aromatic heterocycles. The van der Waals surface area contributed by atoms with Crippen molar-refractivity contribution < 1.29 is 9.90 Å². The highest BCUT2D eigenvalue weighted by Crippen LogP contribution is 2.48. The van der Waals surface area contributed by atoms with E-state index in [1.807, 2.05) is 36.4 Å². The van der Waals surface area contributed by atoms with Crippen LogP contribution in [-0.2, 0) is 10.8 Å². The van der Waals surface area contributed by atoms with Crippen LogP contribution in [0.5, 0.6) is 0 Å². The average Bonchev–Trinajstić information content (AvgIpc) is 2.52. The fraction of sp³-hybridized carbons (Fsp3) is 0.381. The van der Waals surface area contributed by atoms with Crippen LogP contribution in [0, 0.1) is 0 Å². The van der Waals surface area contributed by atoms with Crippen LogP contribution in [0.15, 0.2) is 42.5 Å². The molecule has 2 nitrogen and oxygen atoms in total. The number of aromatic carboxylic acids is 1. The Labute approximate surface area is 138 Å². The van der Waals surface area contributed by atoms with Gasteiger partial charge >= 0.3 is 5.97 Å². The van der Waals surface area contributed by atoms with Crippen molar-refractivity contribution in [1.29, 1.82) is 0 Å². The van der Waals surface area contributed by atoms with E-state index < -0.39 is 5.97 Å². The molecule has 0 heterocycles.